The highest BCUT2D eigenvalue weighted by molar-refractivity contribution is 5.43. The average molecular weight is 226 g/mol. The third-order valence-corrected chi connectivity index (χ3v) is 6.43. The summed E-state index contributed by atoms with van der Waals surface area (Å²) in [5.41, 5.74) is 0.937. The molecule has 2 bridgehead atoms. The Kier molecular flexibility index (Phi) is 1.41. The minimum Gasteiger partial charge on any atom is -0.381 e. The van der Waals surface area contributed by atoms with Crippen LogP contribution in [0.5, 0.6) is 0 Å². The maximum absolute atomic E-state index is 5.81. The van der Waals surface area contributed by atoms with Gasteiger partial charge in [-0.3, -0.25) is 0 Å². The zero-order valence-electron chi connectivity index (χ0n) is 10.0. The molecule has 2 fully saturated rings. The van der Waals surface area contributed by atoms with Gasteiger partial charge in [-0.1, -0.05) is 36.5 Å². The van der Waals surface area contributed by atoms with Crippen molar-refractivity contribution in [1.82, 2.24) is 0 Å². The Balaban J connectivity index is 1.75. The molecule has 0 aromatic heterocycles. The second kappa shape index (κ2) is 2.61. The minimum atomic E-state index is 0.468. The van der Waals surface area contributed by atoms with Crippen molar-refractivity contribution in [3.8, 4) is 0 Å². The Morgan fingerprint density at radius 3 is 1.82 bits per heavy atom. The predicted molar refractivity (Wildman–Crippen MR) is 66.3 cm³/mol. The molecule has 0 aromatic carbocycles. The topological polar surface area (TPSA) is 9.23 Å². The zero-order valence-corrected chi connectivity index (χ0v) is 10.0. The molecule has 6 atom stereocenters. The van der Waals surface area contributed by atoms with Crippen LogP contribution in [0.1, 0.15) is 12.8 Å². The van der Waals surface area contributed by atoms with Crippen LogP contribution in [-0.2, 0) is 4.74 Å². The second-order valence-electron chi connectivity index (χ2n) is 6.60. The molecule has 6 aliphatic rings. The predicted octanol–water partition coefficient (Wildman–Crippen LogP) is 2.96. The van der Waals surface area contributed by atoms with Crippen LogP contribution in [0.2, 0.25) is 0 Å². The third-order valence-electron chi connectivity index (χ3n) is 6.43. The lowest BCUT2D eigenvalue weighted by atomic mass is 9.33. The van der Waals surface area contributed by atoms with Gasteiger partial charge in [-0.15, -0.1) is 0 Å². The van der Waals surface area contributed by atoms with Gasteiger partial charge in [-0.2, -0.15) is 0 Å². The lowest BCUT2D eigenvalue weighted by molar-refractivity contribution is -0.0976. The molecule has 0 aromatic rings. The van der Waals surface area contributed by atoms with Crippen LogP contribution in [-0.4, -0.2) is 13.2 Å². The summed E-state index contributed by atoms with van der Waals surface area (Å²) in [5.74, 6) is 3.09. The molecule has 0 radical (unpaired) electrons. The van der Waals surface area contributed by atoms with Gasteiger partial charge in [0.1, 0.15) is 0 Å². The summed E-state index contributed by atoms with van der Waals surface area (Å²) in [4.78, 5) is 0. The summed E-state index contributed by atoms with van der Waals surface area (Å²) in [6.07, 6.45) is 17.5. The van der Waals surface area contributed by atoms with Crippen LogP contribution in [0.3, 0.4) is 0 Å². The molecule has 0 unspecified atom stereocenters. The molecule has 1 saturated carbocycles. The van der Waals surface area contributed by atoms with Crippen molar-refractivity contribution in [2.24, 2.45) is 34.5 Å². The van der Waals surface area contributed by atoms with Crippen molar-refractivity contribution in [3.63, 3.8) is 0 Å². The summed E-state index contributed by atoms with van der Waals surface area (Å²) in [7, 11) is 0. The lowest BCUT2D eigenvalue weighted by Crippen LogP contribution is -2.64. The van der Waals surface area contributed by atoms with E-state index in [0.29, 0.717) is 10.8 Å². The molecule has 0 amide bonds. The van der Waals surface area contributed by atoms with Crippen molar-refractivity contribution in [1.29, 1.82) is 0 Å². The summed E-state index contributed by atoms with van der Waals surface area (Å²) >= 11 is 0. The van der Waals surface area contributed by atoms with Crippen molar-refractivity contribution < 1.29 is 4.74 Å². The summed E-state index contributed by atoms with van der Waals surface area (Å²) in [6, 6.07) is 0. The van der Waals surface area contributed by atoms with Crippen molar-refractivity contribution in [2.45, 2.75) is 12.8 Å². The van der Waals surface area contributed by atoms with Crippen molar-refractivity contribution >= 4 is 0 Å². The van der Waals surface area contributed by atoms with Gasteiger partial charge in [-0.25, -0.2) is 0 Å². The molecule has 6 rings (SSSR count). The van der Waals surface area contributed by atoms with Crippen LogP contribution in [0.25, 0.3) is 0 Å². The molecule has 1 heterocycles. The zero-order chi connectivity index (χ0) is 11.1. The van der Waals surface area contributed by atoms with Gasteiger partial charge in [0.2, 0.25) is 0 Å². The normalized spacial score (nSPS) is 60.7. The minimum absolute atomic E-state index is 0.468. The van der Waals surface area contributed by atoms with Crippen LogP contribution < -0.4 is 0 Å². The molecule has 5 aliphatic carbocycles. The SMILES string of the molecule is C1=CC[C@]23C=C[C@]2(C1)[C@H]1C=C[C@H]3[C@H]2COC[C@H]21. The van der Waals surface area contributed by atoms with E-state index in [2.05, 4.69) is 36.5 Å². The van der Waals surface area contributed by atoms with Crippen molar-refractivity contribution in [3.05, 3.63) is 36.5 Å². The first-order valence-electron chi connectivity index (χ1n) is 6.99. The fourth-order valence-electron chi connectivity index (χ4n) is 5.66. The van der Waals surface area contributed by atoms with Gasteiger partial charge in [0, 0.05) is 10.8 Å². The van der Waals surface area contributed by atoms with E-state index in [9.17, 15) is 0 Å². The molecule has 1 saturated heterocycles. The molecule has 1 heteroatoms. The smallest absolute Gasteiger partial charge is 0.0504 e. The van der Waals surface area contributed by atoms with Crippen LogP contribution in [0, 0.1) is 34.5 Å². The number of ether oxygens (including phenoxy) is 1. The number of rotatable bonds is 0. The van der Waals surface area contributed by atoms with Gasteiger partial charge in [0.25, 0.3) is 0 Å². The molecule has 0 spiro atoms. The fourth-order valence-corrected chi connectivity index (χ4v) is 5.66. The Labute approximate surface area is 102 Å². The van der Waals surface area contributed by atoms with E-state index in [-0.39, 0.29) is 0 Å². The van der Waals surface area contributed by atoms with E-state index >= 15 is 0 Å². The van der Waals surface area contributed by atoms with Gasteiger partial charge in [0.05, 0.1) is 13.2 Å². The van der Waals surface area contributed by atoms with E-state index < -0.39 is 0 Å². The van der Waals surface area contributed by atoms with Gasteiger partial charge < -0.3 is 4.74 Å². The van der Waals surface area contributed by atoms with E-state index in [1.807, 2.05) is 0 Å². The van der Waals surface area contributed by atoms with Crippen LogP contribution in [0.15, 0.2) is 36.5 Å². The molecule has 1 nitrogen and oxygen atoms in total. The first kappa shape index (κ1) is 9.16. The van der Waals surface area contributed by atoms with E-state index in [4.69, 9.17) is 4.74 Å². The average Bonchev–Trinajstić information content (AvgIpc) is 2.81. The van der Waals surface area contributed by atoms with Gasteiger partial charge in [-0.05, 0) is 36.5 Å². The monoisotopic (exact) mass is 226 g/mol. The third kappa shape index (κ3) is 0.753. The van der Waals surface area contributed by atoms with Crippen molar-refractivity contribution in [2.75, 3.05) is 13.2 Å². The maximum atomic E-state index is 5.81. The number of allylic oxidation sites excluding steroid dienone is 6. The highest BCUT2D eigenvalue weighted by Crippen LogP contribution is 2.74. The Morgan fingerprint density at radius 1 is 0.824 bits per heavy atom. The highest BCUT2D eigenvalue weighted by atomic mass is 16.5. The Morgan fingerprint density at radius 2 is 1.35 bits per heavy atom. The largest absolute Gasteiger partial charge is 0.381 e. The van der Waals surface area contributed by atoms with E-state index in [1.165, 1.54) is 12.8 Å². The molecule has 0 N–H and O–H groups in total. The van der Waals surface area contributed by atoms with Crippen LogP contribution >= 0.6 is 0 Å². The quantitative estimate of drug-likeness (QED) is 0.577. The van der Waals surface area contributed by atoms with Gasteiger partial charge in [0.15, 0.2) is 0 Å². The summed E-state index contributed by atoms with van der Waals surface area (Å²) in [6.45, 7) is 2.01. The van der Waals surface area contributed by atoms with E-state index in [1.54, 1.807) is 0 Å². The highest BCUT2D eigenvalue weighted by Gasteiger charge is 2.69. The second-order valence-corrected chi connectivity index (χ2v) is 6.60. The molecule has 1 aliphatic heterocycles. The molecule has 88 valence electrons. The summed E-state index contributed by atoms with van der Waals surface area (Å²) < 4.78 is 5.81. The van der Waals surface area contributed by atoms with Crippen LogP contribution in [0.4, 0.5) is 0 Å². The molecule has 17 heavy (non-hydrogen) atoms. The van der Waals surface area contributed by atoms with E-state index in [0.717, 1.165) is 36.9 Å². The number of hydrogen-bond acceptors (Lipinski definition) is 1. The summed E-state index contributed by atoms with van der Waals surface area (Å²) in [5, 5.41) is 0. The Hall–Kier alpha value is -0.820. The standard InChI is InChI=1S/C16H18O/c1-2-6-16-8-7-15(16,5-1)13-3-4-14(16)12-10-17-9-11(12)13/h1-4,7-8,11-14H,5-6,9-10H2/t11-,12+,13-,14-,15+,16+/m0/s1. The lowest BCUT2D eigenvalue weighted by Gasteiger charge is -2.69. The van der Waals surface area contributed by atoms with Gasteiger partial charge >= 0.3 is 0 Å². The maximum Gasteiger partial charge on any atom is 0.0504 e. The molecular weight excluding hydrogens is 208 g/mol. The fraction of sp³-hybridized carbons (Fsp3) is 0.625. The number of hydrogen-bond donors (Lipinski definition) is 0. The Bertz CT molecular complexity index is 434. The molecular formula is C16H18O. The first-order chi connectivity index (χ1) is 8.37. The first-order valence-corrected chi connectivity index (χ1v) is 6.99.